The Morgan fingerprint density at radius 1 is 1.44 bits per heavy atom. The first-order valence-corrected chi connectivity index (χ1v) is 6.66. The Morgan fingerprint density at radius 2 is 2.17 bits per heavy atom. The molecule has 18 heavy (non-hydrogen) atoms. The van der Waals surface area contributed by atoms with Crippen LogP contribution in [0.3, 0.4) is 0 Å². The molecule has 0 spiro atoms. The molecule has 2 aromatic rings. The molecule has 0 atom stereocenters. The average Bonchev–Trinajstić information content (AvgIpc) is 2.36. The number of rotatable bonds is 2. The van der Waals surface area contributed by atoms with Crippen molar-refractivity contribution in [3.05, 3.63) is 49.2 Å². The number of nitrogens with one attached hydrogen (secondary N) is 1. The van der Waals surface area contributed by atoms with Gasteiger partial charge < -0.3 is 4.98 Å². The monoisotopic (exact) mass is 358 g/mol. The van der Waals surface area contributed by atoms with Gasteiger partial charge in [-0.05, 0) is 47.6 Å². The second kappa shape index (κ2) is 5.17. The van der Waals surface area contributed by atoms with Crippen LogP contribution in [0.4, 0.5) is 4.39 Å². The van der Waals surface area contributed by atoms with Gasteiger partial charge in [0.2, 0.25) is 0 Å². The van der Waals surface area contributed by atoms with Gasteiger partial charge in [0.15, 0.2) is 0 Å². The summed E-state index contributed by atoms with van der Waals surface area (Å²) in [7, 11) is 0. The van der Waals surface area contributed by atoms with Gasteiger partial charge in [-0.15, -0.1) is 0 Å². The maximum atomic E-state index is 13.5. The van der Waals surface area contributed by atoms with E-state index in [0.29, 0.717) is 26.9 Å². The molecule has 1 N–H and O–H groups in total. The van der Waals surface area contributed by atoms with Crippen LogP contribution in [0.1, 0.15) is 18.2 Å². The van der Waals surface area contributed by atoms with Crippen LogP contribution >= 0.6 is 22.6 Å². The lowest BCUT2D eigenvalue weighted by molar-refractivity contribution is 0.619. The van der Waals surface area contributed by atoms with E-state index in [0.717, 1.165) is 5.69 Å². The number of aromatic nitrogens is 2. The van der Waals surface area contributed by atoms with Crippen molar-refractivity contribution in [1.29, 1.82) is 0 Å². The molecule has 0 aliphatic rings. The Hall–Kier alpha value is -1.24. The summed E-state index contributed by atoms with van der Waals surface area (Å²) >= 11 is 1.97. The van der Waals surface area contributed by atoms with Gasteiger partial charge in [-0.3, -0.25) is 4.79 Å². The van der Waals surface area contributed by atoms with E-state index in [4.69, 9.17) is 0 Å². The van der Waals surface area contributed by atoms with Crippen molar-refractivity contribution in [2.24, 2.45) is 0 Å². The lowest BCUT2D eigenvalue weighted by Crippen LogP contribution is -2.16. The maximum Gasteiger partial charge on any atom is 0.264 e. The maximum absolute atomic E-state index is 13.5. The van der Waals surface area contributed by atoms with Crippen LogP contribution in [0.15, 0.2) is 23.0 Å². The highest BCUT2D eigenvalue weighted by atomic mass is 127. The van der Waals surface area contributed by atoms with Crippen molar-refractivity contribution in [1.82, 2.24) is 9.97 Å². The molecule has 1 aromatic carbocycles. The second-order valence-electron chi connectivity index (χ2n) is 3.99. The quantitative estimate of drug-likeness (QED) is 0.839. The minimum absolute atomic E-state index is 0.182. The third kappa shape index (κ3) is 2.45. The number of hydrogen-bond donors (Lipinski definition) is 1. The van der Waals surface area contributed by atoms with Gasteiger partial charge in [0.05, 0.1) is 9.26 Å². The van der Waals surface area contributed by atoms with Crippen LogP contribution in [0.5, 0.6) is 0 Å². The van der Waals surface area contributed by atoms with Crippen LogP contribution in [0.25, 0.3) is 11.4 Å². The molecule has 0 radical (unpaired) electrons. The minimum atomic E-state index is -0.299. The molecule has 0 aliphatic carbocycles. The fourth-order valence-corrected chi connectivity index (χ4v) is 2.25. The molecule has 0 fully saturated rings. The van der Waals surface area contributed by atoms with Gasteiger partial charge in [-0.25, -0.2) is 9.37 Å². The fraction of sp³-hybridized carbons (Fsp3) is 0.231. The molecule has 2 rings (SSSR count). The Morgan fingerprint density at radius 3 is 2.78 bits per heavy atom. The molecule has 0 unspecified atom stereocenters. The van der Waals surface area contributed by atoms with Crippen molar-refractivity contribution >= 4 is 22.6 Å². The fourth-order valence-electron chi connectivity index (χ4n) is 1.62. The average molecular weight is 358 g/mol. The molecular formula is C13H12FIN2O. The summed E-state index contributed by atoms with van der Waals surface area (Å²) in [4.78, 5) is 18.8. The third-order valence-corrected chi connectivity index (χ3v) is 3.82. The van der Waals surface area contributed by atoms with Crippen molar-refractivity contribution in [3.8, 4) is 11.4 Å². The molecule has 0 aliphatic heterocycles. The highest BCUT2D eigenvalue weighted by Gasteiger charge is 2.10. The summed E-state index contributed by atoms with van der Waals surface area (Å²) in [5.74, 6) is 0.114. The second-order valence-corrected chi connectivity index (χ2v) is 5.07. The van der Waals surface area contributed by atoms with E-state index >= 15 is 0 Å². The Kier molecular flexibility index (Phi) is 3.79. The van der Waals surface area contributed by atoms with Crippen LogP contribution in [0.2, 0.25) is 0 Å². The first kappa shape index (κ1) is 13.2. The van der Waals surface area contributed by atoms with Gasteiger partial charge >= 0.3 is 0 Å². The van der Waals surface area contributed by atoms with E-state index in [-0.39, 0.29) is 11.4 Å². The highest BCUT2D eigenvalue weighted by molar-refractivity contribution is 14.1. The zero-order valence-corrected chi connectivity index (χ0v) is 12.2. The molecule has 5 heteroatoms. The van der Waals surface area contributed by atoms with Crippen LogP contribution in [-0.2, 0) is 6.42 Å². The number of H-pyrrole nitrogens is 1. The van der Waals surface area contributed by atoms with Crippen LogP contribution < -0.4 is 5.56 Å². The van der Waals surface area contributed by atoms with Crippen LogP contribution in [0, 0.1) is 16.3 Å². The zero-order valence-electron chi connectivity index (χ0n) is 10.1. The molecule has 1 aromatic heterocycles. The molecule has 0 bridgehead atoms. The molecule has 0 saturated carbocycles. The van der Waals surface area contributed by atoms with Crippen molar-refractivity contribution in [2.45, 2.75) is 20.3 Å². The smallest absolute Gasteiger partial charge is 0.264 e. The normalized spacial score (nSPS) is 10.7. The lowest BCUT2D eigenvalue weighted by atomic mass is 10.1. The van der Waals surface area contributed by atoms with Gasteiger partial charge in [0.1, 0.15) is 11.6 Å². The Balaban J connectivity index is 2.60. The SMILES string of the molecule is CCc1nc(-c2ccc(C)c(F)c2)[nH]c(=O)c1I. The van der Waals surface area contributed by atoms with Crippen molar-refractivity contribution in [3.63, 3.8) is 0 Å². The number of halogens is 2. The predicted octanol–water partition coefficient (Wildman–Crippen LogP) is 3.05. The summed E-state index contributed by atoms with van der Waals surface area (Å²) in [5.41, 5.74) is 1.71. The summed E-state index contributed by atoms with van der Waals surface area (Å²) in [5, 5.41) is 0. The summed E-state index contributed by atoms with van der Waals surface area (Å²) in [6, 6.07) is 4.82. The summed E-state index contributed by atoms with van der Waals surface area (Å²) in [6.07, 6.45) is 0.670. The van der Waals surface area contributed by atoms with Gasteiger partial charge in [0.25, 0.3) is 5.56 Å². The van der Waals surface area contributed by atoms with Crippen molar-refractivity contribution in [2.75, 3.05) is 0 Å². The Labute approximate surface area is 118 Å². The largest absolute Gasteiger partial charge is 0.306 e. The van der Waals surface area contributed by atoms with E-state index in [1.165, 1.54) is 6.07 Å². The standard InChI is InChI=1S/C13H12FIN2O/c1-3-10-11(15)13(18)17-12(16-10)8-5-4-7(2)9(14)6-8/h4-6H,3H2,1-2H3,(H,16,17,18). The molecule has 0 amide bonds. The molecule has 3 nitrogen and oxygen atoms in total. The number of benzene rings is 1. The number of nitrogens with zero attached hydrogens (tertiary/aromatic N) is 1. The zero-order chi connectivity index (χ0) is 13.3. The third-order valence-electron chi connectivity index (χ3n) is 2.71. The lowest BCUT2D eigenvalue weighted by Gasteiger charge is -2.06. The van der Waals surface area contributed by atoms with Gasteiger partial charge in [-0.2, -0.15) is 0 Å². The molecule has 1 heterocycles. The number of aryl methyl sites for hydroxylation is 2. The van der Waals surface area contributed by atoms with Crippen molar-refractivity contribution < 1.29 is 4.39 Å². The van der Waals surface area contributed by atoms with E-state index in [1.54, 1.807) is 19.1 Å². The predicted molar refractivity (Wildman–Crippen MR) is 77.1 cm³/mol. The minimum Gasteiger partial charge on any atom is -0.306 e. The first-order valence-electron chi connectivity index (χ1n) is 5.58. The molecule has 0 saturated heterocycles. The van der Waals surface area contributed by atoms with E-state index < -0.39 is 0 Å². The van der Waals surface area contributed by atoms with E-state index in [9.17, 15) is 9.18 Å². The van der Waals surface area contributed by atoms with E-state index in [2.05, 4.69) is 9.97 Å². The number of hydrogen-bond acceptors (Lipinski definition) is 2. The number of aromatic amines is 1. The highest BCUT2D eigenvalue weighted by Crippen LogP contribution is 2.18. The first-order chi connectivity index (χ1) is 8.52. The Bertz CT molecular complexity index is 652. The van der Waals surface area contributed by atoms with Gasteiger partial charge in [-0.1, -0.05) is 19.1 Å². The molecular weight excluding hydrogens is 346 g/mol. The van der Waals surface area contributed by atoms with Crippen LogP contribution in [-0.4, -0.2) is 9.97 Å². The topological polar surface area (TPSA) is 45.8 Å². The van der Waals surface area contributed by atoms with E-state index in [1.807, 2.05) is 29.5 Å². The summed E-state index contributed by atoms with van der Waals surface area (Å²) in [6.45, 7) is 3.63. The summed E-state index contributed by atoms with van der Waals surface area (Å²) < 4.78 is 14.1. The van der Waals surface area contributed by atoms with Gasteiger partial charge in [0, 0.05) is 5.56 Å². The molecule has 94 valence electrons.